The summed E-state index contributed by atoms with van der Waals surface area (Å²) < 4.78 is 10.8. The summed E-state index contributed by atoms with van der Waals surface area (Å²) in [6.45, 7) is 2.29. The molecule has 3 nitrogen and oxygen atoms in total. The van der Waals surface area contributed by atoms with Crippen LogP contribution in [0.3, 0.4) is 0 Å². The summed E-state index contributed by atoms with van der Waals surface area (Å²) in [6, 6.07) is 6.21. The minimum absolute atomic E-state index is 0.346. The molecule has 0 aromatic heterocycles. The van der Waals surface area contributed by atoms with E-state index in [9.17, 15) is 0 Å². The van der Waals surface area contributed by atoms with Crippen LogP contribution >= 0.6 is 0 Å². The molecular formula is C18H25NO2. The molecule has 0 saturated heterocycles. The second-order valence-electron chi connectivity index (χ2n) is 6.21. The van der Waals surface area contributed by atoms with Gasteiger partial charge in [0, 0.05) is 13.1 Å². The predicted octanol–water partition coefficient (Wildman–Crippen LogP) is 3.98. The molecule has 0 radical (unpaired) electrons. The van der Waals surface area contributed by atoms with Crippen molar-refractivity contribution in [2.45, 2.75) is 38.6 Å². The highest BCUT2D eigenvalue weighted by Gasteiger charge is 2.13. The Hall–Kier alpha value is -1.48. The van der Waals surface area contributed by atoms with Crippen molar-refractivity contribution in [1.82, 2.24) is 4.90 Å². The number of fused-ring (bicyclic) bond motifs is 1. The topological polar surface area (TPSA) is 21.7 Å². The maximum Gasteiger partial charge on any atom is 0.231 e. The van der Waals surface area contributed by atoms with Gasteiger partial charge in [0.2, 0.25) is 6.79 Å². The van der Waals surface area contributed by atoms with Crippen LogP contribution in [0.1, 0.15) is 37.7 Å². The summed E-state index contributed by atoms with van der Waals surface area (Å²) >= 11 is 0. The molecule has 1 saturated carbocycles. The molecule has 114 valence electrons. The molecule has 0 amide bonds. The van der Waals surface area contributed by atoms with Crippen LogP contribution in [0.2, 0.25) is 0 Å². The highest BCUT2D eigenvalue weighted by Crippen LogP contribution is 2.32. The van der Waals surface area contributed by atoms with Gasteiger partial charge in [-0.05, 0) is 43.5 Å². The highest BCUT2D eigenvalue weighted by atomic mass is 16.7. The van der Waals surface area contributed by atoms with E-state index >= 15 is 0 Å². The van der Waals surface area contributed by atoms with E-state index in [1.54, 1.807) is 0 Å². The van der Waals surface area contributed by atoms with Crippen molar-refractivity contribution < 1.29 is 9.47 Å². The van der Waals surface area contributed by atoms with Crippen LogP contribution in [0, 0.1) is 5.92 Å². The summed E-state index contributed by atoms with van der Waals surface area (Å²) in [5.41, 5.74) is 1.27. The Labute approximate surface area is 127 Å². The molecule has 0 N–H and O–H groups in total. The number of rotatable bonds is 5. The molecule has 3 heteroatoms. The monoisotopic (exact) mass is 287 g/mol. The minimum atomic E-state index is 0.346. The van der Waals surface area contributed by atoms with Gasteiger partial charge in [0.05, 0.1) is 0 Å². The third-order valence-electron chi connectivity index (χ3n) is 4.36. The lowest BCUT2D eigenvalue weighted by Crippen LogP contribution is -2.17. The van der Waals surface area contributed by atoms with Crippen molar-refractivity contribution in [3.63, 3.8) is 0 Å². The Balaban J connectivity index is 1.47. The lowest BCUT2D eigenvalue weighted by molar-refractivity contribution is 0.174. The molecule has 0 unspecified atom stereocenters. The summed E-state index contributed by atoms with van der Waals surface area (Å²) in [4.78, 5) is 2.33. The van der Waals surface area contributed by atoms with Crippen LogP contribution in [0.5, 0.6) is 11.5 Å². The van der Waals surface area contributed by atoms with Crippen LogP contribution in [0.15, 0.2) is 30.4 Å². The lowest BCUT2D eigenvalue weighted by atomic mass is 9.89. The fraction of sp³-hybridized carbons (Fsp3) is 0.556. The summed E-state index contributed by atoms with van der Waals surface area (Å²) in [5.74, 6) is 2.55. The first-order chi connectivity index (χ1) is 10.3. The van der Waals surface area contributed by atoms with Gasteiger partial charge in [-0.3, -0.25) is 4.90 Å². The van der Waals surface area contributed by atoms with Gasteiger partial charge < -0.3 is 9.47 Å². The van der Waals surface area contributed by atoms with Gasteiger partial charge in [0.1, 0.15) is 0 Å². The first-order valence-corrected chi connectivity index (χ1v) is 8.05. The number of hydrogen-bond acceptors (Lipinski definition) is 3. The number of benzene rings is 1. The molecule has 0 spiro atoms. The second-order valence-corrected chi connectivity index (χ2v) is 6.21. The third kappa shape index (κ3) is 4.01. The summed E-state index contributed by atoms with van der Waals surface area (Å²) in [7, 11) is 2.16. The summed E-state index contributed by atoms with van der Waals surface area (Å²) in [6.07, 6.45) is 11.8. The Bertz CT molecular complexity index is 492. The Morgan fingerprint density at radius 2 is 1.95 bits per heavy atom. The van der Waals surface area contributed by atoms with Gasteiger partial charge in [-0.1, -0.05) is 37.5 Å². The van der Waals surface area contributed by atoms with E-state index in [4.69, 9.17) is 9.47 Å². The SMILES string of the molecule is CN(C/C=C/C1CCCCC1)Cc1ccc2c(c1)OCO2. The molecule has 2 aliphatic rings. The Kier molecular flexibility index (Phi) is 4.81. The lowest BCUT2D eigenvalue weighted by Gasteiger charge is -2.19. The van der Waals surface area contributed by atoms with Gasteiger partial charge in [0.25, 0.3) is 0 Å². The zero-order chi connectivity index (χ0) is 14.5. The largest absolute Gasteiger partial charge is 0.454 e. The molecule has 3 rings (SSSR count). The van der Waals surface area contributed by atoms with E-state index in [1.165, 1.54) is 37.7 Å². The van der Waals surface area contributed by atoms with E-state index in [0.29, 0.717) is 6.79 Å². The zero-order valence-electron chi connectivity index (χ0n) is 12.9. The zero-order valence-corrected chi connectivity index (χ0v) is 12.9. The highest BCUT2D eigenvalue weighted by molar-refractivity contribution is 5.44. The smallest absolute Gasteiger partial charge is 0.231 e. The molecule has 1 aliphatic carbocycles. The molecule has 1 fully saturated rings. The molecule has 1 aromatic carbocycles. The quantitative estimate of drug-likeness (QED) is 0.765. The van der Waals surface area contributed by atoms with Gasteiger partial charge in [-0.25, -0.2) is 0 Å². The van der Waals surface area contributed by atoms with Crippen LogP contribution in [-0.2, 0) is 6.54 Å². The van der Waals surface area contributed by atoms with E-state index in [0.717, 1.165) is 30.5 Å². The maximum atomic E-state index is 5.43. The molecule has 0 atom stereocenters. The van der Waals surface area contributed by atoms with Crippen LogP contribution < -0.4 is 9.47 Å². The number of allylic oxidation sites excluding steroid dienone is 1. The maximum absolute atomic E-state index is 5.43. The Morgan fingerprint density at radius 1 is 1.14 bits per heavy atom. The van der Waals surface area contributed by atoms with E-state index in [2.05, 4.69) is 36.2 Å². The number of hydrogen-bond donors (Lipinski definition) is 0. The van der Waals surface area contributed by atoms with Crippen LogP contribution in [0.4, 0.5) is 0 Å². The minimum Gasteiger partial charge on any atom is -0.454 e. The fourth-order valence-electron chi connectivity index (χ4n) is 3.18. The van der Waals surface area contributed by atoms with E-state index < -0.39 is 0 Å². The van der Waals surface area contributed by atoms with Crippen molar-refractivity contribution in [1.29, 1.82) is 0 Å². The average Bonchev–Trinajstić information content (AvgIpc) is 2.96. The van der Waals surface area contributed by atoms with Crippen molar-refractivity contribution in [3.05, 3.63) is 35.9 Å². The number of likely N-dealkylation sites (N-methyl/N-ethyl adjacent to an activating group) is 1. The predicted molar refractivity (Wildman–Crippen MR) is 84.6 cm³/mol. The van der Waals surface area contributed by atoms with Gasteiger partial charge in [0.15, 0.2) is 11.5 Å². The second kappa shape index (κ2) is 6.99. The van der Waals surface area contributed by atoms with Crippen molar-refractivity contribution in [2.75, 3.05) is 20.4 Å². The first kappa shape index (κ1) is 14.5. The molecule has 1 heterocycles. The average molecular weight is 287 g/mol. The van der Waals surface area contributed by atoms with Crippen LogP contribution in [-0.4, -0.2) is 25.3 Å². The molecular weight excluding hydrogens is 262 g/mol. The van der Waals surface area contributed by atoms with Crippen molar-refractivity contribution in [2.24, 2.45) is 5.92 Å². The van der Waals surface area contributed by atoms with Gasteiger partial charge in [-0.2, -0.15) is 0 Å². The summed E-state index contributed by atoms with van der Waals surface area (Å²) in [5, 5.41) is 0. The molecule has 1 aliphatic heterocycles. The number of ether oxygens (including phenoxy) is 2. The number of nitrogens with zero attached hydrogens (tertiary/aromatic N) is 1. The normalized spacial score (nSPS) is 18.8. The molecule has 1 aromatic rings. The van der Waals surface area contributed by atoms with Crippen molar-refractivity contribution >= 4 is 0 Å². The Morgan fingerprint density at radius 3 is 2.81 bits per heavy atom. The van der Waals surface area contributed by atoms with E-state index in [1.807, 2.05) is 6.07 Å². The molecule has 0 bridgehead atoms. The van der Waals surface area contributed by atoms with Gasteiger partial charge in [-0.15, -0.1) is 0 Å². The molecule has 21 heavy (non-hydrogen) atoms. The first-order valence-electron chi connectivity index (χ1n) is 8.05. The van der Waals surface area contributed by atoms with Gasteiger partial charge >= 0.3 is 0 Å². The third-order valence-corrected chi connectivity index (χ3v) is 4.36. The fourth-order valence-corrected chi connectivity index (χ4v) is 3.18. The van der Waals surface area contributed by atoms with E-state index in [-0.39, 0.29) is 0 Å². The standard InChI is InChI=1S/C18H25NO2/c1-19(11-5-8-15-6-3-2-4-7-15)13-16-9-10-17-18(12-16)21-14-20-17/h5,8-10,12,15H,2-4,6-7,11,13-14H2,1H3/b8-5+. The van der Waals surface area contributed by atoms with Crippen LogP contribution in [0.25, 0.3) is 0 Å². The van der Waals surface area contributed by atoms with Crippen molar-refractivity contribution in [3.8, 4) is 11.5 Å².